The first kappa shape index (κ1) is 8.60. The van der Waals surface area contributed by atoms with Gasteiger partial charge < -0.3 is 0 Å². The lowest BCUT2D eigenvalue weighted by molar-refractivity contribution is 0.694. The van der Waals surface area contributed by atoms with Gasteiger partial charge in [-0.05, 0) is 19.9 Å². The number of hydrogen-bond donors (Lipinski definition) is 0. The molecule has 0 N–H and O–H groups in total. The van der Waals surface area contributed by atoms with Crippen molar-refractivity contribution >= 4 is 11.6 Å². The van der Waals surface area contributed by atoms with Gasteiger partial charge in [-0.2, -0.15) is 5.10 Å². The van der Waals surface area contributed by atoms with Crippen LogP contribution in [0.2, 0.25) is 0 Å². The van der Waals surface area contributed by atoms with Crippen molar-refractivity contribution in [2.45, 2.75) is 25.6 Å². The molecule has 0 amide bonds. The molecule has 0 aliphatic heterocycles. The molecule has 1 rings (SSSR count). The third-order valence-corrected chi connectivity index (χ3v) is 1.74. The van der Waals surface area contributed by atoms with Crippen LogP contribution in [0, 0.1) is 6.92 Å². The lowest BCUT2D eigenvalue weighted by atomic mass is 10.2. The Morgan fingerprint density at radius 3 is 2.73 bits per heavy atom. The number of aryl methyl sites for hydroxylation is 2. The van der Waals surface area contributed by atoms with Gasteiger partial charge in [-0.15, -0.1) is 11.6 Å². The third kappa shape index (κ3) is 2.22. The van der Waals surface area contributed by atoms with Gasteiger partial charge in [0.05, 0.1) is 5.69 Å². The minimum absolute atomic E-state index is 0.185. The molecule has 62 valence electrons. The van der Waals surface area contributed by atoms with Crippen molar-refractivity contribution in [1.82, 2.24) is 9.78 Å². The fourth-order valence-corrected chi connectivity index (χ4v) is 1.30. The van der Waals surface area contributed by atoms with E-state index in [0.29, 0.717) is 0 Å². The van der Waals surface area contributed by atoms with Crippen LogP contribution in [0.1, 0.15) is 18.3 Å². The first-order valence-electron chi connectivity index (χ1n) is 3.73. The highest BCUT2D eigenvalue weighted by atomic mass is 35.5. The molecular formula is C8H13ClN2. The molecule has 1 aromatic heterocycles. The van der Waals surface area contributed by atoms with Gasteiger partial charge >= 0.3 is 0 Å². The second-order valence-electron chi connectivity index (χ2n) is 2.89. The fraction of sp³-hybridized carbons (Fsp3) is 0.625. The van der Waals surface area contributed by atoms with E-state index in [2.05, 4.69) is 11.2 Å². The number of alkyl halides is 1. The number of halogens is 1. The van der Waals surface area contributed by atoms with E-state index in [4.69, 9.17) is 11.6 Å². The third-order valence-electron chi connectivity index (χ3n) is 1.59. The molecule has 0 spiro atoms. The van der Waals surface area contributed by atoms with Gasteiger partial charge in [0.1, 0.15) is 0 Å². The zero-order valence-corrected chi connectivity index (χ0v) is 7.89. The Kier molecular flexibility index (Phi) is 2.55. The van der Waals surface area contributed by atoms with Gasteiger partial charge in [-0.25, -0.2) is 0 Å². The van der Waals surface area contributed by atoms with Gasteiger partial charge in [0, 0.05) is 24.5 Å². The Bertz CT molecular complexity index is 240. The zero-order chi connectivity index (χ0) is 8.43. The minimum atomic E-state index is 0.185. The molecule has 1 unspecified atom stereocenters. The molecular weight excluding hydrogens is 160 g/mol. The van der Waals surface area contributed by atoms with E-state index in [0.717, 1.165) is 12.1 Å². The Morgan fingerprint density at radius 2 is 2.36 bits per heavy atom. The highest BCUT2D eigenvalue weighted by molar-refractivity contribution is 6.20. The van der Waals surface area contributed by atoms with Crippen LogP contribution in [0.3, 0.4) is 0 Å². The van der Waals surface area contributed by atoms with Crippen LogP contribution >= 0.6 is 11.6 Å². The number of rotatable bonds is 2. The lowest BCUT2D eigenvalue weighted by Gasteiger charge is -2.01. The quantitative estimate of drug-likeness (QED) is 0.624. The van der Waals surface area contributed by atoms with Crippen molar-refractivity contribution in [3.8, 4) is 0 Å². The van der Waals surface area contributed by atoms with Crippen molar-refractivity contribution in [2.24, 2.45) is 7.05 Å². The summed E-state index contributed by atoms with van der Waals surface area (Å²) in [6, 6.07) is 2.07. The summed E-state index contributed by atoms with van der Waals surface area (Å²) in [5, 5.41) is 4.41. The van der Waals surface area contributed by atoms with E-state index in [1.165, 1.54) is 5.69 Å². The molecule has 1 aromatic rings. The Morgan fingerprint density at radius 1 is 1.73 bits per heavy atom. The summed E-state index contributed by atoms with van der Waals surface area (Å²) >= 11 is 5.85. The molecule has 1 heterocycles. The van der Waals surface area contributed by atoms with Crippen LogP contribution in [-0.4, -0.2) is 15.2 Å². The number of hydrogen-bond acceptors (Lipinski definition) is 1. The summed E-state index contributed by atoms with van der Waals surface area (Å²) in [7, 11) is 1.95. The molecule has 0 radical (unpaired) electrons. The molecule has 2 nitrogen and oxygen atoms in total. The fourth-order valence-electron chi connectivity index (χ4n) is 1.14. The van der Waals surface area contributed by atoms with Gasteiger partial charge in [0.25, 0.3) is 0 Å². The van der Waals surface area contributed by atoms with Crippen molar-refractivity contribution in [3.05, 3.63) is 17.5 Å². The summed E-state index contributed by atoms with van der Waals surface area (Å²) in [5.74, 6) is 0. The molecule has 11 heavy (non-hydrogen) atoms. The first-order valence-corrected chi connectivity index (χ1v) is 4.17. The molecule has 1 atom stereocenters. The number of aromatic nitrogens is 2. The van der Waals surface area contributed by atoms with Crippen molar-refractivity contribution in [2.75, 3.05) is 0 Å². The summed E-state index contributed by atoms with van der Waals surface area (Å²) in [4.78, 5) is 0. The van der Waals surface area contributed by atoms with Gasteiger partial charge in [0.2, 0.25) is 0 Å². The lowest BCUT2D eigenvalue weighted by Crippen LogP contribution is -2.03. The standard InChI is InChI=1S/C8H13ClN2/c1-6(9)4-8-5-7(2)10-11(8)3/h5-6H,4H2,1-3H3. The Balaban J connectivity index is 2.77. The predicted molar refractivity (Wildman–Crippen MR) is 47.0 cm³/mol. The summed E-state index contributed by atoms with van der Waals surface area (Å²) in [5.41, 5.74) is 2.25. The largest absolute Gasteiger partial charge is 0.272 e. The van der Waals surface area contributed by atoms with Crippen LogP contribution < -0.4 is 0 Å². The number of nitrogens with zero attached hydrogens (tertiary/aromatic N) is 2. The minimum Gasteiger partial charge on any atom is -0.272 e. The van der Waals surface area contributed by atoms with E-state index in [1.807, 2.05) is 25.6 Å². The van der Waals surface area contributed by atoms with Crippen molar-refractivity contribution < 1.29 is 0 Å². The van der Waals surface area contributed by atoms with Crippen LogP contribution in [0.4, 0.5) is 0 Å². The Labute approximate surface area is 72.2 Å². The summed E-state index contributed by atoms with van der Waals surface area (Å²) in [6.07, 6.45) is 0.888. The summed E-state index contributed by atoms with van der Waals surface area (Å²) < 4.78 is 1.88. The van der Waals surface area contributed by atoms with Gasteiger partial charge in [-0.1, -0.05) is 0 Å². The molecule has 0 aliphatic carbocycles. The predicted octanol–water partition coefficient (Wildman–Crippen LogP) is 1.90. The molecule has 0 aromatic carbocycles. The van der Waals surface area contributed by atoms with Crippen molar-refractivity contribution in [3.63, 3.8) is 0 Å². The molecule has 0 bridgehead atoms. The molecule has 0 saturated carbocycles. The average Bonchev–Trinajstić information content (AvgIpc) is 2.09. The second-order valence-corrected chi connectivity index (χ2v) is 3.63. The first-order chi connectivity index (χ1) is 5.09. The monoisotopic (exact) mass is 172 g/mol. The van der Waals surface area contributed by atoms with E-state index in [-0.39, 0.29) is 5.38 Å². The second kappa shape index (κ2) is 3.26. The zero-order valence-electron chi connectivity index (χ0n) is 7.13. The van der Waals surface area contributed by atoms with Crippen LogP contribution in [-0.2, 0) is 13.5 Å². The SMILES string of the molecule is Cc1cc(CC(C)Cl)n(C)n1. The smallest absolute Gasteiger partial charge is 0.0596 e. The normalized spacial score (nSPS) is 13.5. The average molecular weight is 173 g/mol. The highest BCUT2D eigenvalue weighted by Gasteiger charge is 2.04. The maximum Gasteiger partial charge on any atom is 0.0596 e. The van der Waals surface area contributed by atoms with Gasteiger partial charge in [0.15, 0.2) is 0 Å². The van der Waals surface area contributed by atoms with E-state index >= 15 is 0 Å². The molecule has 0 saturated heterocycles. The van der Waals surface area contributed by atoms with Crippen LogP contribution in [0.5, 0.6) is 0 Å². The highest BCUT2D eigenvalue weighted by Crippen LogP contribution is 2.08. The van der Waals surface area contributed by atoms with Gasteiger partial charge in [-0.3, -0.25) is 4.68 Å². The van der Waals surface area contributed by atoms with E-state index < -0.39 is 0 Å². The molecule has 3 heteroatoms. The van der Waals surface area contributed by atoms with Crippen LogP contribution in [0.15, 0.2) is 6.07 Å². The maximum atomic E-state index is 5.85. The summed E-state index contributed by atoms with van der Waals surface area (Å²) in [6.45, 7) is 3.98. The molecule has 0 fully saturated rings. The van der Waals surface area contributed by atoms with E-state index in [9.17, 15) is 0 Å². The topological polar surface area (TPSA) is 17.8 Å². The Hall–Kier alpha value is -0.500. The van der Waals surface area contributed by atoms with Crippen molar-refractivity contribution in [1.29, 1.82) is 0 Å². The van der Waals surface area contributed by atoms with Crippen LogP contribution in [0.25, 0.3) is 0 Å². The maximum absolute atomic E-state index is 5.85. The van der Waals surface area contributed by atoms with E-state index in [1.54, 1.807) is 0 Å². The molecule has 0 aliphatic rings.